The quantitative estimate of drug-likeness (QED) is 0.864. The Morgan fingerprint density at radius 3 is 3.14 bits per heavy atom. The van der Waals surface area contributed by atoms with Gasteiger partial charge in [-0.2, -0.15) is 16.3 Å². The number of nitrogens with zero attached hydrogens (tertiary/aromatic N) is 3. The average Bonchev–Trinajstić information content (AvgIpc) is 3.09. The summed E-state index contributed by atoms with van der Waals surface area (Å²) >= 11 is 1.53. The molecule has 2 aromatic heterocycles. The number of hydrogen-bond donors (Lipinski definition) is 0. The fourth-order valence-corrected chi connectivity index (χ4v) is 3.08. The fraction of sp³-hybridized carbons (Fsp3) is 0.400. The summed E-state index contributed by atoms with van der Waals surface area (Å²) in [4.78, 5) is 22.3. The molecular weight excluding hydrogens is 302 g/mol. The number of carbonyl (C=O) groups excluding carboxylic acids is 1. The van der Waals surface area contributed by atoms with Crippen molar-refractivity contribution in [3.05, 3.63) is 34.7 Å². The van der Waals surface area contributed by atoms with Crippen LogP contribution in [-0.2, 0) is 0 Å². The highest BCUT2D eigenvalue weighted by Crippen LogP contribution is 2.20. The standard InChI is InChI=1S/C15H17N3O3S/c1-20-15-16-6-4-13(17-15)21-12-3-2-7-18(9-12)14(19)11-5-8-22-10-11/h4-6,8,10,12H,2-3,7,9H2,1H3. The van der Waals surface area contributed by atoms with E-state index in [0.717, 1.165) is 24.9 Å². The Morgan fingerprint density at radius 1 is 1.45 bits per heavy atom. The summed E-state index contributed by atoms with van der Waals surface area (Å²) in [5.74, 6) is 0.538. The third-order valence-electron chi connectivity index (χ3n) is 3.51. The van der Waals surface area contributed by atoms with E-state index in [9.17, 15) is 4.79 Å². The lowest BCUT2D eigenvalue weighted by Crippen LogP contribution is -2.44. The van der Waals surface area contributed by atoms with Crippen molar-refractivity contribution in [1.82, 2.24) is 14.9 Å². The third-order valence-corrected chi connectivity index (χ3v) is 4.19. The second kappa shape index (κ2) is 6.74. The molecule has 1 saturated heterocycles. The zero-order valence-corrected chi connectivity index (χ0v) is 13.1. The van der Waals surface area contributed by atoms with Crippen LogP contribution in [0.15, 0.2) is 29.1 Å². The van der Waals surface area contributed by atoms with Crippen molar-refractivity contribution in [3.63, 3.8) is 0 Å². The number of carbonyl (C=O) groups is 1. The van der Waals surface area contributed by atoms with Crippen molar-refractivity contribution in [2.45, 2.75) is 18.9 Å². The molecule has 1 fully saturated rings. The fourth-order valence-electron chi connectivity index (χ4n) is 2.45. The van der Waals surface area contributed by atoms with E-state index >= 15 is 0 Å². The van der Waals surface area contributed by atoms with Crippen LogP contribution in [0.25, 0.3) is 0 Å². The Morgan fingerprint density at radius 2 is 2.36 bits per heavy atom. The molecule has 3 heterocycles. The van der Waals surface area contributed by atoms with E-state index in [0.29, 0.717) is 12.4 Å². The maximum absolute atomic E-state index is 12.4. The van der Waals surface area contributed by atoms with E-state index in [1.807, 2.05) is 21.7 Å². The summed E-state index contributed by atoms with van der Waals surface area (Å²) in [6.07, 6.45) is 3.36. The van der Waals surface area contributed by atoms with Crippen molar-refractivity contribution in [3.8, 4) is 11.9 Å². The van der Waals surface area contributed by atoms with Gasteiger partial charge in [-0.15, -0.1) is 0 Å². The molecular formula is C15H17N3O3S. The zero-order chi connectivity index (χ0) is 15.4. The number of methoxy groups -OCH3 is 1. The molecule has 1 aliphatic rings. The van der Waals surface area contributed by atoms with Gasteiger partial charge in [0.15, 0.2) is 0 Å². The minimum atomic E-state index is -0.0593. The summed E-state index contributed by atoms with van der Waals surface area (Å²) in [5.41, 5.74) is 0.745. The van der Waals surface area contributed by atoms with Gasteiger partial charge in [0, 0.05) is 24.2 Å². The van der Waals surface area contributed by atoms with Crippen molar-refractivity contribution < 1.29 is 14.3 Å². The van der Waals surface area contributed by atoms with Crippen LogP contribution in [-0.4, -0.2) is 47.1 Å². The molecule has 1 amide bonds. The SMILES string of the molecule is COc1nccc(OC2CCCN(C(=O)c3ccsc3)C2)n1. The molecule has 0 aromatic carbocycles. The second-order valence-electron chi connectivity index (χ2n) is 5.03. The van der Waals surface area contributed by atoms with Gasteiger partial charge in [0.1, 0.15) is 6.10 Å². The Hall–Kier alpha value is -2.15. The van der Waals surface area contributed by atoms with Gasteiger partial charge in [0.2, 0.25) is 5.88 Å². The molecule has 7 heteroatoms. The highest BCUT2D eigenvalue weighted by molar-refractivity contribution is 7.08. The molecule has 2 aromatic rings. The molecule has 1 aliphatic heterocycles. The maximum atomic E-state index is 12.4. The largest absolute Gasteiger partial charge is 0.472 e. The first-order chi connectivity index (χ1) is 10.8. The van der Waals surface area contributed by atoms with Gasteiger partial charge in [0.05, 0.1) is 19.2 Å². The van der Waals surface area contributed by atoms with Crippen molar-refractivity contribution in [2.75, 3.05) is 20.2 Å². The first-order valence-corrected chi connectivity index (χ1v) is 8.05. The maximum Gasteiger partial charge on any atom is 0.319 e. The second-order valence-corrected chi connectivity index (χ2v) is 5.81. The Labute approximate surface area is 132 Å². The predicted molar refractivity (Wildman–Crippen MR) is 82.5 cm³/mol. The molecule has 1 atom stereocenters. The van der Waals surface area contributed by atoms with Crippen LogP contribution in [0.2, 0.25) is 0 Å². The van der Waals surface area contributed by atoms with Crippen molar-refractivity contribution in [1.29, 1.82) is 0 Å². The van der Waals surface area contributed by atoms with Crippen LogP contribution in [0.5, 0.6) is 11.9 Å². The summed E-state index contributed by atoms with van der Waals surface area (Å²) in [6.45, 7) is 1.34. The van der Waals surface area contributed by atoms with Crippen LogP contribution in [0, 0.1) is 0 Å². The Balaban J connectivity index is 1.64. The molecule has 0 N–H and O–H groups in total. The monoisotopic (exact) mass is 319 g/mol. The molecule has 3 rings (SSSR count). The summed E-state index contributed by atoms with van der Waals surface area (Å²) in [5, 5.41) is 3.79. The van der Waals surface area contributed by atoms with Crippen molar-refractivity contribution in [2.24, 2.45) is 0 Å². The molecule has 0 bridgehead atoms. The Kier molecular flexibility index (Phi) is 4.53. The zero-order valence-electron chi connectivity index (χ0n) is 12.3. The molecule has 0 radical (unpaired) electrons. The minimum Gasteiger partial charge on any atom is -0.472 e. The summed E-state index contributed by atoms with van der Waals surface area (Å²) < 4.78 is 10.9. The first-order valence-electron chi connectivity index (χ1n) is 7.11. The normalized spacial score (nSPS) is 18.0. The van der Waals surface area contributed by atoms with Gasteiger partial charge < -0.3 is 14.4 Å². The lowest BCUT2D eigenvalue weighted by molar-refractivity contribution is 0.0526. The van der Waals surface area contributed by atoms with Gasteiger partial charge in [-0.25, -0.2) is 4.98 Å². The lowest BCUT2D eigenvalue weighted by atomic mass is 10.1. The van der Waals surface area contributed by atoms with Gasteiger partial charge in [0.25, 0.3) is 5.91 Å². The summed E-state index contributed by atoms with van der Waals surface area (Å²) in [7, 11) is 1.51. The van der Waals surface area contributed by atoms with E-state index in [1.54, 1.807) is 12.3 Å². The van der Waals surface area contributed by atoms with Crippen LogP contribution in [0.3, 0.4) is 0 Å². The molecule has 0 saturated carbocycles. The van der Waals surface area contributed by atoms with E-state index in [4.69, 9.17) is 9.47 Å². The predicted octanol–water partition coefficient (Wildman–Crippen LogP) is 2.23. The van der Waals surface area contributed by atoms with Crippen LogP contribution in [0.4, 0.5) is 0 Å². The number of likely N-dealkylation sites (tertiary alicyclic amines) is 1. The van der Waals surface area contributed by atoms with Gasteiger partial charge in [-0.3, -0.25) is 4.79 Å². The first kappa shape index (κ1) is 14.8. The van der Waals surface area contributed by atoms with Crippen molar-refractivity contribution >= 4 is 17.2 Å². The summed E-state index contributed by atoms with van der Waals surface area (Å²) in [6, 6.07) is 3.83. The number of amides is 1. The topological polar surface area (TPSA) is 64.6 Å². The van der Waals surface area contributed by atoms with E-state index in [2.05, 4.69) is 9.97 Å². The number of hydrogen-bond acceptors (Lipinski definition) is 6. The Bertz CT molecular complexity index is 633. The van der Waals surface area contributed by atoms with Gasteiger partial charge in [-0.05, 0) is 24.3 Å². The highest BCUT2D eigenvalue weighted by Gasteiger charge is 2.26. The molecule has 0 aliphatic carbocycles. The molecule has 6 nitrogen and oxygen atoms in total. The van der Waals surface area contributed by atoms with Gasteiger partial charge >= 0.3 is 6.01 Å². The highest BCUT2D eigenvalue weighted by atomic mass is 32.1. The number of ether oxygens (including phenoxy) is 2. The number of piperidine rings is 1. The molecule has 1 unspecified atom stereocenters. The van der Waals surface area contributed by atoms with Crippen LogP contribution >= 0.6 is 11.3 Å². The number of thiophene rings is 1. The molecule has 22 heavy (non-hydrogen) atoms. The molecule has 0 spiro atoms. The lowest BCUT2D eigenvalue weighted by Gasteiger charge is -2.32. The molecule has 116 valence electrons. The van der Waals surface area contributed by atoms with E-state index < -0.39 is 0 Å². The minimum absolute atomic E-state index is 0.0593. The number of rotatable bonds is 4. The smallest absolute Gasteiger partial charge is 0.319 e. The van der Waals surface area contributed by atoms with E-state index in [1.165, 1.54) is 18.4 Å². The van der Waals surface area contributed by atoms with Crippen LogP contribution < -0.4 is 9.47 Å². The van der Waals surface area contributed by atoms with E-state index in [-0.39, 0.29) is 18.0 Å². The number of aromatic nitrogens is 2. The third kappa shape index (κ3) is 3.36. The average molecular weight is 319 g/mol. The van der Waals surface area contributed by atoms with Crippen LogP contribution in [0.1, 0.15) is 23.2 Å². The van der Waals surface area contributed by atoms with Gasteiger partial charge in [-0.1, -0.05) is 0 Å².